The molecule has 3 aromatic heterocycles. The number of fused-ring (bicyclic) bond motifs is 2. The first kappa shape index (κ1) is 14.9. The summed E-state index contributed by atoms with van der Waals surface area (Å²) in [4.78, 5) is 9.32. The van der Waals surface area contributed by atoms with Crippen LogP contribution in [0.15, 0.2) is 42.9 Å². The first-order valence-corrected chi connectivity index (χ1v) is 8.41. The number of ether oxygens (including phenoxy) is 2. The standard InChI is InChI=1S/C19H17N5O2/c1-23-10-14(20-11-23)19-18(13-4-3-12-7-8-26-15(12)9-13)21-16-5-6-17(25-2)22-24(16)19/h3-6,9-11H,7-8H2,1-2H3. The summed E-state index contributed by atoms with van der Waals surface area (Å²) in [5.74, 6) is 1.45. The summed E-state index contributed by atoms with van der Waals surface area (Å²) in [7, 11) is 3.54. The molecule has 0 spiro atoms. The molecule has 0 atom stereocenters. The zero-order chi connectivity index (χ0) is 17.7. The Morgan fingerprint density at radius 1 is 1.19 bits per heavy atom. The van der Waals surface area contributed by atoms with Crippen molar-refractivity contribution in [3.05, 3.63) is 48.4 Å². The van der Waals surface area contributed by atoms with Gasteiger partial charge >= 0.3 is 0 Å². The minimum Gasteiger partial charge on any atom is -0.493 e. The topological polar surface area (TPSA) is 66.5 Å². The smallest absolute Gasteiger partial charge is 0.231 e. The summed E-state index contributed by atoms with van der Waals surface area (Å²) >= 11 is 0. The van der Waals surface area contributed by atoms with Crippen molar-refractivity contribution in [2.75, 3.05) is 13.7 Å². The number of nitrogens with zero attached hydrogens (tertiary/aromatic N) is 5. The van der Waals surface area contributed by atoms with Crippen molar-refractivity contribution in [2.45, 2.75) is 6.42 Å². The second kappa shape index (κ2) is 5.59. The van der Waals surface area contributed by atoms with Crippen molar-refractivity contribution < 1.29 is 9.47 Å². The summed E-state index contributed by atoms with van der Waals surface area (Å²) in [5.41, 5.74) is 5.41. The van der Waals surface area contributed by atoms with Crippen molar-refractivity contribution in [3.8, 4) is 34.3 Å². The molecule has 7 nitrogen and oxygen atoms in total. The van der Waals surface area contributed by atoms with Gasteiger partial charge in [-0.2, -0.15) is 0 Å². The summed E-state index contributed by atoms with van der Waals surface area (Å²) in [5, 5.41) is 4.55. The molecule has 1 aliphatic rings. The second-order valence-corrected chi connectivity index (χ2v) is 6.30. The SMILES string of the molecule is COc1ccc2nc(-c3ccc4c(c3)OCC4)c(-c3cn(C)cn3)n2n1. The van der Waals surface area contributed by atoms with Gasteiger partial charge in [-0.05, 0) is 17.7 Å². The number of benzene rings is 1. The highest BCUT2D eigenvalue weighted by Gasteiger charge is 2.21. The highest BCUT2D eigenvalue weighted by Crippen LogP contribution is 2.36. The van der Waals surface area contributed by atoms with Gasteiger partial charge in [0.25, 0.3) is 0 Å². The van der Waals surface area contributed by atoms with E-state index in [2.05, 4.69) is 22.2 Å². The number of rotatable bonds is 3. The number of hydrogen-bond donors (Lipinski definition) is 0. The molecule has 5 rings (SSSR count). The van der Waals surface area contributed by atoms with Crippen LogP contribution in [0.4, 0.5) is 0 Å². The average molecular weight is 347 g/mol. The van der Waals surface area contributed by atoms with E-state index in [0.29, 0.717) is 5.88 Å². The quantitative estimate of drug-likeness (QED) is 0.570. The molecular formula is C19H17N5O2. The van der Waals surface area contributed by atoms with Crippen molar-refractivity contribution in [1.29, 1.82) is 0 Å². The van der Waals surface area contributed by atoms with Crippen molar-refractivity contribution in [2.24, 2.45) is 7.05 Å². The molecule has 0 aliphatic carbocycles. The van der Waals surface area contributed by atoms with Crippen molar-refractivity contribution in [1.82, 2.24) is 24.1 Å². The molecule has 0 radical (unpaired) electrons. The summed E-state index contributed by atoms with van der Waals surface area (Å²) in [6.45, 7) is 0.732. The molecule has 0 fully saturated rings. The van der Waals surface area contributed by atoms with E-state index in [1.54, 1.807) is 24.0 Å². The molecule has 0 amide bonds. The zero-order valence-electron chi connectivity index (χ0n) is 14.5. The number of imidazole rings is 2. The van der Waals surface area contributed by atoms with E-state index >= 15 is 0 Å². The van der Waals surface area contributed by atoms with Crippen LogP contribution in [-0.2, 0) is 13.5 Å². The van der Waals surface area contributed by atoms with Gasteiger partial charge in [0, 0.05) is 31.3 Å². The molecule has 0 N–H and O–H groups in total. The van der Waals surface area contributed by atoms with Gasteiger partial charge in [-0.15, -0.1) is 5.10 Å². The van der Waals surface area contributed by atoms with Crippen molar-refractivity contribution in [3.63, 3.8) is 0 Å². The van der Waals surface area contributed by atoms with E-state index < -0.39 is 0 Å². The van der Waals surface area contributed by atoms with E-state index in [-0.39, 0.29) is 0 Å². The summed E-state index contributed by atoms with van der Waals surface area (Å²) in [6, 6.07) is 9.94. The fraction of sp³-hybridized carbons (Fsp3) is 0.211. The Kier molecular flexibility index (Phi) is 3.21. The van der Waals surface area contributed by atoms with Crippen LogP contribution < -0.4 is 9.47 Å². The lowest BCUT2D eigenvalue weighted by Crippen LogP contribution is -1.98. The molecule has 1 aliphatic heterocycles. The Balaban J connectivity index is 1.79. The van der Waals surface area contributed by atoms with Crippen LogP contribution in [0.1, 0.15) is 5.56 Å². The van der Waals surface area contributed by atoms with Crippen LogP contribution in [0.2, 0.25) is 0 Å². The molecule has 0 bridgehead atoms. The van der Waals surface area contributed by atoms with Gasteiger partial charge in [0.1, 0.15) is 22.8 Å². The second-order valence-electron chi connectivity index (χ2n) is 6.30. The zero-order valence-corrected chi connectivity index (χ0v) is 14.5. The number of aryl methyl sites for hydroxylation is 1. The van der Waals surface area contributed by atoms with E-state index in [9.17, 15) is 0 Å². The number of hydrogen-bond acceptors (Lipinski definition) is 5. The van der Waals surface area contributed by atoms with Gasteiger partial charge in [-0.25, -0.2) is 14.5 Å². The highest BCUT2D eigenvalue weighted by molar-refractivity contribution is 5.80. The first-order valence-electron chi connectivity index (χ1n) is 8.41. The van der Waals surface area contributed by atoms with Gasteiger partial charge in [0.05, 0.1) is 20.0 Å². The van der Waals surface area contributed by atoms with Crippen molar-refractivity contribution >= 4 is 5.65 Å². The largest absolute Gasteiger partial charge is 0.493 e. The fourth-order valence-electron chi connectivity index (χ4n) is 3.31. The van der Waals surface area contributed by atoms with E-state index in [0.717, 1.165) is 47.1 Å². The van der Waals surface area contributed by atoms with Gasteiger partial charge in [0.2, 0.25) is 5.88 Å². The lowest BCUT2D eigenvalue weighted by molar-refractivity contribution is 0.357. The average Bonchev–Trinajstić information content (AvgIpc) is 3.37. The van der Waals surface area contributed by atoms with Crippen LogP contribution in [-0.4, -0.2) is 37.9 Å². The third-order valence-electron chi connectivity index (χ3n) is 4.58. The molecule has 7 heteroatoms. The van der Waals surface area contributed by atoms with Crippen LogP contribution in [0.25, 0.3) is 28.3 Å². The minimum atomic E-state index is 0.524. The lowest BCUT2D eigenvalue weighted by Gasteiger charge is -2.05. The Bertz CT molecular complexity index is 1130. The molecule has 0 saturated heterocycles. The van der Waals surface area contributed by atoms with Crippen LogP contribution >= 0.6 is 0 Å². The minimum absolute atomic E-state index is 0.524. The van der Waals surface area contributed by atoms with E-state index in [1.165, 1.54) is 5.56 Å². The molecule has 1 aromatic carbocycles. The highest BCUT2D eigenvalue weighted by atomic mass is 16.5. The number of aromatic nitrogens is 5. The van der Waals surface area contributed by atoms with Crippen LogP contribution in [0, 0.1) is 0 Å². The Morgan fingerprint density at radius 3 is 2.92 bits per heavy atom. The van der Waals surface area contributed by atoms with Crippen LogP contribution in [0.3, 0.4) is 0 Å². The molecular weight excluding hydrogens is 330 g/mol. The maximum atomic E-state index is 5.73. The van der Waals surface area contributed by atoms with E-state index in [1.807, 2.05) is 29.9 Å². The maximum absolute atomic E-state index is 5.73. The molecule has 4 aromatic rings. The molecule has 26 heavy (non-hydrogen) atoms. The first-order chi connectivity index (χ1) is 12.7. The normalized spacial score (nSPS) is 13.0. The molecule has 4 heterocycles. The van der Waals surface area contributed by atoms with E-state index in [4.69, 9.17) is 14.5 Å². The molecule has 0 saturated carbocycles. The summed E-state index contributed by atoms with van der Waals surface area (Å²) in [6.07, 6.45) is 4.68. The summed E-state index contributed by atoms with van der Waals surface area (Å²) < 4.78 is 14.7. The van der Waals surface area contributed by atoms with Gasteiger partial charge < -0.3 is 14.0 Å². The third-order valence-corrected chi connectivity index (χ3v) is 4.58. The van der Waals surface area contributed by atoms with Gasteiger partial charge in [-0.1, -0.05) is 12.1 Å². The van der Waals surface area contributed by atoms with Crippen LogP contribution in [0.5, 0.6) is 11.6 Å². The fourth-order valence-corrected chi connectivity index (χ4v) is 3.31. The number of methoxy groups -OCH3 is 1. The maximum Gasteiger partial charge on any atom is 0.231 e. The molecule has 0 unspecified atom stereocenters. The predicted molar refractivity (Wildman–Crippen MR) is 96.4 cm³/mol. The Morgan fingerprint density at radius 2 is 2.12 bits per heavy atom. The molecule has 130 valence electrons. The van der Waals surface area contributed by atoms with Gasteiger partial charge in [0.15, 0.2) is 5.65 Å². The monoisotopic (exact) mass is 347 g/mol. The third kappa shape index (κ3) is 2.24. The lowest BCUT2D eigenvalue weighted by atomic mass is 10.1. The predicted octanol–water partition coefficient (Wildman–Crippen LogP) is 2.74. The van der Waals surface area contributed by atoms with Gasteiger partial charge in [-0.3, -0.25) is 0 Å². The Labute approximate surface area is 149 Å². The Hall–Kier alpha value is -3.35.